The zero-order valence-corrected chi connectivity index (χ0v) is 21.4. The van der Waals surface area contributed by atoms with Crippen LogP contribution in [0.25, 0.3) is 0 Å². The van der Waals surface area contributed by atoms with Gasteiger partial charge in [-0.1, -0.05) is 0 Å². The molecule has 0 atom stereocenters. The fourth-order valence-corrected chi connectivity index (χ4v) is 5.15. The normalized spacial score (nSPS) is 21.8. The number of carbonyl (C=O) groups excluding carboxylic acids is 3. The van der Waals surface area contributed by atoms with Crippen LogP contribution in [0, 0.1) is 11.3 Å². The molecule has 0 radical (unpaired) electrons. The number of ether oxygens (including phenoxy) is 2. The van der Waals surface area contributed by atoms with Gasteiger partial charge in [0.25, 0.3) is 0 Å². The molecule has 3 aliphatic heterocycles. The number of halogens is 1. The Kier molecular flexibility index (Phi) is 7.40. The first kappa shape index (κ1) is 26.5. The maximum Gasteiger partial charge on any atom is 0.328 e. The van der Waals surface area contributed by atoms with Gasteiger partial charge in [0.05, 0.1) is 17.9 Å². The molecule has 4 aliphatic rings. The van der Waals surface area contributed by atoms with Gasteiger partial charge in [-0.15, -0.1) is 0 Å². The van der Waals surface area contributed by atoms with Gasteiger partial charge in [-0.25, -0.2) is 19.2 Å². The molecule has 2 aromatic heterocycles. The summed E-state index contributed by atoms with van der Waals surface area (Å²) in [6.07, 6.45) is 2.73. The Balaban J connectivity index is 1.42. The summed E-state index contributed by atoms with van der Waals surface area (Å²) < 4.78 is 26.1. The number of methoxy groups -OCH3 is 1. The van der Waals surface area contributed by atoms with Crippen molar-refractivity contribution in [2.24, 2.45) is 0 Å². The maximum atomic E-state index is 15.8. The van der Waals surface area contributed by atoms with E-state index in [1.807, 2.05) is 6.07 Å². The Bertz CT molecular complexity index is 1340. The molecule has 1 saturated heterocycles. The van der Waals surface area contributed by atoms with E-state index in [-0.39, 0.29) is 54.8 Å². The number of rotatable bonds is 8. The summed E-state index contributed by atoms with van der Waals surface area (Å²) in [5.74, 6) is 0.0414. The lowest BCUT2D eigenvalue weighted by Gasteiger charge is -2.52. The van der Waals surface area contributed by atoms with E-state index in [1.54, 1.807) is 18.1 Å². The van der Waals surface area contributed by atoms with Crippen molar-refractivity contribution in [1.82, 2.24) is 14.9 Å². The molecule has 5 heterocycles. The number of aromatic nitrogens is 2. The van der Waals surface area contributed by atoms with E-state index in [9.17, 15) is 19.6 Å². The van der Waals surface area contributed by atoms with Crippen molar-refractivity contribution in [2.45, 2.75) is 37.5 Å². The minimum absolute atomic E-state index is 0.0375. The summed E-state index contributed by atoms with van der Waals surface area (Å²) in [5.41, 5.74) is -0.221. The Hall–Kier alpha value is -4.15. The molecule has 6 rings (SSSR count). The number of hydrogen-bond donors (Lipinski definition) is 2. The summed E-state index contributed by atoms with van der Waals surface area (Å²) in [5, 5.41) is 15.2. The Labute approximate surface area is 224 Å². The number of hydrogen-bond acceptors (Lipinski definition) is 9. The Morgan fingerprint density at radius 3 is 2.97 bits per heavy atom. The van der Waals surface area contributed by atoms with E-state index in [0.717, 1.165) is 0 Å². The third-order valence-electron chi connectivity index (χ3n) is 7.18. The molecule has 2 bridgehead atoms. The number of aldehydes is 1. The number of nitriles is 1. The van der Waals surface area contributed by atoms with Crippen LogP contribution in [0.1, 0.15) is 46.4 Å². The third-order valence-corrected chi connectivity index (χ3v) is 7.18. The third kappa shape index (κ3) is 5.13. The lowest BCUT2D eigenvalue weighted by molar-refractivity contribution is -0.134. The smallest absolute Gasteiger partial charge is 0.328 e. The molecule has 2 aromatic rings. The SMILES string of the molecule is COCCNc1cc(NC(=O)N2c3nc(C=O)c(CN4CCCOCC4=O)cc3C3(F)CC2C3)ncc1C#N. The molecule has 13 heteroatoms. The predicted octanol–water partition coefficient (Wildman–Crippen LogP) is 2.35. The van der Waals surface area contributed by atoms with Crippen LogP contribution >= 0.6 is 0 Å². The van der Waals surface area contributed by atoms with Crippen molar-refractivity contribution in [3.8, 4) is 6.07 Å². The summed E-state index contributed by atoms with van der Waals surface area (Å²) in [6, 6.07) is 4.11. The van der Waals surface area contributed by atoms with Crippen LogP contribution in [0.2, 0.25) is 0 Å². The fraction of sp³-hybridized carbons (Fsp3) is 0.462. The summed E-state index contributed by atoms with van der Waals surface area (Å²) in [6.45, 7) is 1.81. The quantitative estimate of drug-likeness (QED) is 0.382. The van der Waals surface area contributed by atoms with Gasteiger partial charge >= 0.3 is 6.03 Å². The van der Waals surface area contributed by atoms with E-state index in [1.165, 1.54) is 17.2 Å². The zero-order valence-electron chi connectivity index (χ0n) is 21.4. The van der Waals surface area contributed by atoms with Crippen LogP contribution in [0.3, 0.4) is 0 Å². The number of amides is 3. The van der Waals surface area contributed by atoms with Gasteiger partial charge in [0.1, 0.15) is 35.7 Å². The van der Waals surface area contributed by atoms with E-state index in [4.69, 9.17) is 9.47 Å². The Morgan fingerprint density at radius 1 is 1.41 bits per heavy atom. The molecule has 204 valence electrons. The number of carbonyl (C=O) groups is 3. The van der Waals surface area contributed by atoms with Gasteiger partial charge in [0, 0.05) is 75.6 Å². The predicted molar refractivity (Wildman–Crippen MR) is 137 cm³/mol. The monoisotopic (exact) mass is 537 g/mol. The van der Waals surface area contributed by atoms with E-state index >= 15 is 4.39 Å². The highest BCUT2D eigenvalue weighted by molar-refractivity contribution is 6.03. The van der Waals surface area contributed by atoms with Gasteiger partial charge in [-0.2, -0.15) is 5.26 Å². The molecule has 1 saturated carbocycles. The topological polar surface area (TPSA) is 150 Å². The van der Waals surface area contributed by atoms with Crippen LogP contribution in [-0.4, -0.2) is 79.2 Å². The van der Waals surface area contributed by atoms with Gasteiger partial charge in [-0.3, -0.25) is 19.8 Å². The standard InChI is InChI=1S/C26H28FN7O5/c1-38-6-3-29-20-8-22(30-12-17(20)11-28)32-25(37)34-18-9-26(27,10-18)19-7-16(21(14-35)31-24(19)34)13-33-4-2-5-39-15-23(33)36/h7-8,12,14,18H,2-6,9-10,13,15H2,1H3,(H2,29,30,32,37). The highest BCUT2D eigenvalue weighted by atomic mass is 19.1. The number of urea groups is 1. The van der Waals surface area contributed by atoms with Gasteiger partial charge in [0.15, 0.2) is 6.29 Å². The second-order valence-electron chi connectivity index (χ2n) is 9.72. The second-order valence-corrected chi connectivity index (χ2v) is 9.72. The lowest BCUT2D eigenvalue weighted by atomic mass is 9.68. The molecule has 2 fully saturated rings. The molecule has 39 heavy (non-hydrogen) atoms. The molecule has 0 aromatic carbocycles. The lowest BCUT2D eigenvalue weighted by Crippen LogP contribution is -2.60. The van der Waals surface area contributed by atoms with Gasteiger partial charge in [-0.05, 0) is 12.5 Å². The highest BCUT2D eigenvalue weighted by Crippen LogP contribution is 2.55. The van der Waals surface area contributed by atoms with Gasteiger partial charge < -0.3 is 19.7 Å². The largest absolute Gasteiger partial charge is 0.383 e. The molecule has 3 amide bonds. The average molecular weight is 538 g/mol. The molecular weight excluding hydrogens is 509 g/mol. The molecule has 0 spiro atoms. The highest BCUT2D eigenvalue weighted by Gasteiger charge is 2.57. The number of nitrogens with one attached hydrogen (secondary N) is 2. The minimum atomic E-state index is -1.67. The summed E-state index contributed by atoms with van der Waals surface area (Å²) in [7, 11) is 1.56. The first-order chi connectivity index (χ1) is 18.9. The van der Waals surface area contributed by atoms with Crippen molar-refractivity contribution in [3.63, 3.8) is 0 Å². The first-order valence-electron chi connectivity index (χ1n) is 12.6. The maximum absolute atomic E-state index is 15.8. The zero-order chi connectivity index (χ0) is 27.6. The Morgan fingerprint density at radius 2 is 2.23 bits per heavy atom. The van der Waals surface area contributed by atoms with Crippen LogP contribution in [-0.2, 0) is 26.5 Å². The number of nitrogens with zero attached hydrogens (tertiary/aromatic N) is 5. The van der Waals surface area contributed by atoms with Crippen molar-refractivity contribution in [3.05, 3.63) is 40.7 Å². The first-order valence-corrected chi connectivity index (χ1v) is 12.6. The summed E-state index contributed by atoms with van der Waals surface area (Å²) >= 11 is 0. The van der Waals surface area contributed by atoms with Crippen LogP contribution in [0.5, 0.6) is 0 Å². The van der Waals surface area contributed by atoms with Crippen LogP contribution in [0.15, 0.2) is 18.3 Å². The molecule has 1 aliphatic carbocycles. The number of pyridine rings is 2. The van der Waals surface area contributed by atoms with Crippen molar-refractivity contribution in [1.29, 1.82) is 5.26 Å². The molecular formula is C26H28FN7O5. The molecule has 2 N–H and O–H groups in total. The van der Waals surface area contributed by atoms with E-state index in [2.05, 4.69) is 20.6 Å². The van der Waals surface area contributed by atoms with E-state index in [0.29, 0.717) is 55.8 Å². The number of alkyl halides is 1. The summed E-state index contributed by atoms with van der Waals surface area (Å²) in [4.78, 5) is 49.3. The minimum Gasteiger partial charge on any atom is -0.383 e. The molecule has 12 nitrogen and oxygen atoms in total. The molecule has 0 unspecified atom stereocenters. The van der Waals surface area contributed by atoms with Crippen molar-refractivity contribution >= 4 is 35.5 Å². The van der Waals surface area contributed by atoms with E-state index < -0.39 is 17.7 Å². The number of anilines is 3. The van der Waals surface area contributed by atoms with Crippen LogP contribution < -0.4 is 15.5 Å². The fourth-order valence-electron chi connectivity index (χ4n) is 5.15. The average Bonchev–Trinajstić information content (AvgIpc) is 3.11. The van der Waals surface area contributed by atoms with Gasteiger partial charge in [0.2, 0.25) is 5.91 Å². The second kappa shape index (κ2) is 10.9. The van der Waals surface area contributed by atoms with Crippen LogP contribution in [0.4, 0.5) is 26.5 Å². The van der Waals surface area contributed by atoms with Crippen molar-refractivity contribution < 1.29 is 28.2 Å². The van der Waals surface area contributed by atoms with Crippen molar-refractivity contribution in [2.75, 3.05) is 55.6 Å².